The minimum Gasteiger partial charge on any atom is -0.384 e. The summed E-state index contributed by atoms with van der Waals surface area (Å²) in [6.45, 7) is 0. The maximum Gasteiger partial charge on any atom is 0.416 e. The van der Waals surface area contributed by atoms with Gasteiger partial charge in [0.25, 0.3) is 0 Å². The van der Waals surface area contributed by atoms with Crippen molar-refractivity contribution in [2.75, 3.05) is 0 Å². The second kappa shape index (κ2) is 4.97. The van der Waals surface area contributed by atoms with Gasteiger partial charge >= 0.3 is 6.18 Å². The number of rotatable bonds is 2. The molecule has 100 valence electrons. The molecule has 1 atom stereocenters. The summed E-state index contributed by atoms with van der Waals surface area (Å²) in [4.78, 5) is 3.57. The first-order chi connectivity index (χ1) is 8.89. The smallest absolute Gasteiger partial charge is 0.384 e. The van der Waals surface area contributed by atoms with E-state index in [-0.39, 0.29) is 5.56 Å². The molecule has 0 spiro atoms. The lowest BCUT2D eigenvalue weighted by atomic mass is 9.98. The molecule has 19 heavy (non-hydrogen) atoms. The van der Waals surface area contributed by atoms with E-state index >= 15 is 0 Å². The zero-order valence-corrected chi connectivity index (χ0v) is 9.53. The summed E-state index contributed by atoms with van der Waals surface area (Å²) in [5.74, 6) is -0.631. The van der Waals surface area contributed by atoms with Crippen LogP contribution in [0.1, 0.15) is 22.8 Å². The van der Waals surface area contributed by atoms with Crippen LogP contribution in [0, 0.1) is 5.82 Å². The zero-order chi connectivity index (χ0) is 14.0. The van der Waals surface area contributed by atoms with E-state index in [1.807, 2.05) is 0 Å². The van der Waals surface area contributed by atoms with E-state index in [4.69, 9.17) is 0 Å². The number of hydrogen-bond donors (Lipinski definition) is 1. The van der Waals surface area contributed by atoms with E-state index in [0.717, 1.165) is 30.6 Å². The highest BCUT2D eigenvalue weighted by Gasteiger charge is 2.35. The molecule has 0 bridgehead atoms. The average Bonchev–Trinajstić information content (AvgIpc) is 2.37. The average molecular weight is 271 g/mol. The van der Waals surface area contributed by atoms with Crippen molar-refractivity contribution >= 4 is 0 Å². The fraction of sp³-hybridized carbons (Fsp3) is 0.154. The Morgan fingerprint density at radius 3 is 2.53 bits per heavy atom. The van der Waals surface area contributed by atoms with Gasteiger partial charge in [0.1, 0.15) is 11.9 Å². The lowest BCUT2D eigenvalue weighted by molar-refractivity contribution is -0.139. The predicted octanol–water partition coefficient (Wildman–Crippen LogP) is 3.32. The first kappa shape index (κ1) is 13.5. The molecule has 1 heterocycles. The molecule has 0 saturated heterocycles. The molecular formula is C13H9F4NO. The van der Waals surface area contributed by atoms with E-state index in [9.17, 15) is 22.7 Å². The Kier molecular flexibility index (Phi) is 3.53. The van der Waals surface area contributed by atoms with Gasteiger partial charge in [-0.3, -0.25) is 4.98 Å². The highest BCUT2D eigenvalue weighted by molar-refractivity contribution is 5.35. The van der Waals surface area contributed by atoms with E-state index in [2.05, 4.69) is 4.98 Å². The molecule has 0 aliphatic rings. The van der Waals surface area contributed by atoms with Crippen molar-refractivity contribution in [2.24, 2.45) is 0 Å². The van der Waals surface area contributed by atoms with Crippen LogP contribution in [-0.4, -0.2) is 10.1 Å². The van der Waals surface area contributed by atoms with Crippen LogP contribution < -0.4 is 0 Å². The fourth-order valence-electron chi connectivity index (χ4n) is 1.74. The summed E-state index contributed by atoms with van der Waals surface area (Å²) in [5.41, 5.74) is -1.35. The molecule has 1 aromatic heterocycles. The van der Waals surface area contributed by atoms with Crippen molar-refractivity contribution in [1.82, 2.24) is 4.98 Å². The minimum atomic E-state index is -4.60. The van der Waals surface area contributed by atoms with Crippen molar-refractivity contribution < 1.29 is 22.7 Å². The summed E-state index contributed by atoms with van der Waals surface area (Å²) in [6.07, 6.45) is -4.27. The Hall–Kier alpha value is -1.95. The van der Waals surface area contributed by atoms with Crippen LogP contribution >= 0.6 is 0 Å². The van der Waals surface area contributed by atoms with Gasteiger partial charge in [-0.25, -0.2) is 4.39 Å². The summed E-state index contributed by atoms with van der Waals surface area (Å²) < 4.78 is 51.4. The first-order valence-electron chi connectivity index (χ1n) is 5.34. The lowest BCUT2D eigenvalue weighted by Gasteiger charge is -2.17. The Labute approximate surface area is 106 Å². The number of halogens is 4. The van der Waals surface area contributed by atoms with Gasteiger partial charge in [0.2, 0.25) is 0 Å². The molecule has 0 amide bonds. The van der Waals surface area contributed by atoms with E-state index in [0.29, 0.717) is 0 Å². The van der Waals surface area contributed by atoms with Gasteiger partial charge in [0.05, 0.1) is 5.56 Å². The van der Waals surface area contributed by atoms with Gasteiger partial charge in [-0.05, 0) is 23.8 Å². The van der Waals surface area contributed by atoms with Gasteiger partial charge in [0.15, 0.2) is 0 Å². The Morgan fingerprint density at radius 1 is 1.16 bits per heavy atom. The molecule has 6 heteroatoms. The normalized spacial score (nSPS) is 13.3. The minimum absolute atomic E-state index is 0.0403. The van der Waals surface area contributed by atoms with E-state index in [1.54, 1.807) is 0 Å². The molecular weight excluding hydrogens is 262 g/mol. The number of aliphatic hydroxyl groups excluding tert-OH is 1. The summed E-state index contributed by atoms with van der Waals surface area (Å²) in [5, 5.41) is 9.95. The van der Waals surface area contributed by atoms with Gasteiger partial charge in [-0.1, -0.05) is 12.1 Å². The molecule has 0 aliphatic heterocycles. The van der Waals surface area contributed by atoms with Crippen molar-refractivity contribution in [1.29, 1.82) is 0 Å². The zero-order valence-electron chi connectivity index (χ0n) is 9.53. The second-order valence-electron chi connectivity index (χ2n) is 3.92. The van der Waals surface area contributed by atoms with Crippen molar-refractivity contribution in [3.05, 3.63) is 65.2 Å². The quantitative estimate of drug-likeness (QED) is 0.850. The molecule has 1 aromatic carbocycles. The fourth-order valence-corrected chi connectivity index (χ4v) is 1.74. The third-order valence-corrected chi connectivity index (χ3v) is 2.62. The van der Waals surface area contributed by atoms with Crippen molar-refractivity contribution in [3.8, 4) is 0 Å². The maximum absolute atomic E-state index is 13.0. The highest BCUT2D eigenvalue weighted by atomic mass is 19.4. The van der Waals surface area contributed by atoms with Gasteiger partial charge in [-0.15, -0.1) is 0 Å². The number of alkyl halides is 3. The molecule has 2 nitrogen and oxygen atoms in total. The Bertz CT molecular complexity index is 583. The number of hydrogen-bond acceptors (Lipinski definition) is 2. The molecule has 0 aliphatic carbocycles. The van der Waals surface area contributed by atoms with Gasteiger partial charge in [-0.2, -0.15) is 13.2 Å². The molecule has 1 N–H and O–H groups in total. The van der Waals surface area contributed by atoms with Crippen LogP contribution in [0.2, 0.25) is 0 Å². The molecule has 0 fully saturated rings. The van der Waals surface area contributed by atoms with Crippen molar-refractivity contribution in [2.45, 2.75) is 12.3 Å². The standard InChI is InChI=1S/C13H9F4NO/c14-9-3-1-2-8(6-9)12(19)10-7-18-5-4-11(10)13(15,16)17/h1-7,12,19H. The monoisotopic (exact) mass is 271 g/mol. The van der Waals surface area contributed by atoms with Crippen LogP contribution in [0.5, 0.6) is 0 Å². The summed E-state index contributed by atoms with van der Waals surface area (Å²) in [7, 11) is 0. The molecule has 0 saturated carbocycles. The van der Waals surface area contributed by atoms with Gasteiger partial charge < -0.3 is 5.11 Å². The molecule has 2 aromatic rings. The molecule has 1 unspecified atom stereocenters. The molecule has 0 radical (unpaired) electrons. The molecule has 2 rings (SSSR count). The summed E-state index contributed by atoms with van der Waals surface area (Å²) >= 11 is 0. The number of nitrogens with zero attached hydrogens (tertiary/aromatic N) is 1. The van der Waals surface area contributed by atoms with Crippen LogP contribution in [0.3, 0.4) is 0 Å². The van der Waals surface area contributed by atoms with E-state index in [1.165, 1.54) is 12.1 Å². The number of pyridine rings is 1. The van der Waals surface area contributed by atoms with E-state index < -0.39 is 29.2 Å². The number of aromatic nitrogens is 1. The predicted molar refractivity (Wildman–Crippen MR) is 59.7 cm³/mol. The largest absolute Gasteiger partial charge is 0.416 e. The van der Waals surface area contributed by atoms with Crippen LogP contribution in [0.4, 0.5) is 17.6 Å². The third kappa shape index (κ3) is 2.90. The lowest BCUT2D eigenvalue weighted by Crippen LogP contribution is -2.13. The van der Waals surface area contributed by atoms with Gasteiger partial charge in [0, 0.05) is 18.0 Å². The van der Waals surface area contributed by atoms with Crippen molar-refractivity contribution in [3.63, 3.8) is 0 Å². The Balaban J connectivity index is 2.48. The topological polar surface area (TPSA) is 33.1 Å². The maximum atomic E-state index is 13.0. The Morgan fingerprint density at radius 2 is 1.89 bits per heavy atom. The highest BCUT2D eigenvalue weighted by Crippen LogP contribution is 2.35. The van der Waals surface area contributed by atoms with Crippen LogP contribution in [0.15, 0.2) is 42.7 Å². The SMILES string of the molecule is OC(c1cccc(F)c1)c1cnccc1C(F)(F)F. The van der Waals surface area contributed by atoms with Crippen LogP contribution in [-0.2, 0) is 6.18 Å². The second-order valence-corrected chi connectivity index (χ2v) is 3.92. The number of aliphatic hydroxyl groups is 1. The third-order valence-electron chi connectivity index (χ3n) is 2.62. The number of benzene rings is 1. The van der Waals surface area contributed by atoms with Crippen LogP contribution in [0.25, 0.3) is 0 Å². The summed E-state index contributed by atoms with van der Waals surface area (Å²) in [6, 6.07) is 5.57. The first-order valence-corrected chi connectivity index (χ1v) is 5.34.